The van der Waals surface area contributed by atoms with Gasteiger partial charge >= 0.3 is 0 Å². The highest BCUT2D eigenvalue weighted by atomic mass is 32.2. The number of anilines is 1. The molecule has 2 aromatic heterocycles. The summed E-state index contributed by atoms with van der Waals surface area (Å²) >= 11 is 0. The van der Waals surface area contributed by atoms with Crippen LogP contribution in [-0.2, 0) is 21.2 Å². The van der Waals surface area contributed by atoms with Crippen molar-refractivity contribution in [3.63, 3.8) is 0 Å². The summed E-state index contributed by atoms with van der Waals surface area (Å²) in [6.07, 6.45) is 6.26. The fourth-order valence-corrected chi connectivity index (χ4v) is 5.38. The number of aromatic nitrogens is 2. The predicted octanol–water partition coefficient (Wildman–Crippen LogP) is 1.90. The smallest absolute Gasteiger partial charge is 0.268 e. The van der Waals surface area contributed by atoms with Crippen LogP contribution in [0.25, 0.3) is 11.0 Å². The highest BCUT2D eigenvalue weighted by molar-refractivity contribution is 7.90. The highest BCUT2D eigenvalue weighted by Gasteiger charge is 2.26. The van der Waals surface area contributed by atoms with Gasteiger partial charge < -0.3 is 15.4 Å². The van der Waals surface area contributed by atoms with Crippen LogP contribution in [0.2, 0.25) is 0 Å². The van der Waals surface area contributed by atoms with Crippen LogP contribution in [0.1, 0.15) is 18.4 Å². The largest absolute Gasteiger partial charge is 0.482 e. The Balaban J connectivity index is 1.59. The van der Waals surface area contributed by atoms with Crippen LogP contribution in [0.3, 0.4) is 0 Å². The molecule has 1 fully saturated rings. The second-order valence-electron chi connectivity index (χ2n) is 7.32. The highest BCUT2D eigenvalue weighted by Crippen LogP contribution is 2.32. The molecule has 29 heavy (non-hydrogen) atoms. The Morgan fingerprint density at radius 3 is 3.00 bits per heavy atom. The van der Waals surface area contributed by atoms with Gasteiger partial charge in [0.15, 0.2) is 6.61 Å². The van der Waals surface area contributed by atoms with Crippen LogP contribution in [0.5, 0.6) is 5.75 Å². The molecule has 4 heterocycles. The molecule has 5 rings (SSSR count). The van der Waals surface area contributed by atoms with E-state index >= 15 is 0 Å². The lowest BCUT2D eigenvalue weighted by molar-refractivity contribution is -0.118. The van der Waals surface area contributed by atoms with Gasteiger partial charge in [0.1, 0.15) is 5.75 Å². The molecule has 9 heteroatoms. The minimum absolute atomic E-state index is 0.0772. The first-order valence-corrected chi connectivity index (χ1v) is 11.0. The lowest BCUT2D eigenvalue weighted by Crippen LogP contribution is -2.25. The molecule has 2 N–H and O–H groups in total. The molecule has 0 aliphatic carbocycles. The summed E-state index contributed by atoms with van der Waals surface area (Å²) in [4.78, 5) is 16.1. The Morgan fingerprint density at radius 2 is 2.17 bits per heavy atom. The van der Waals surface area contributed by atoms with E-state index in [4.69, 9.17) is 4.74 Å². The van der Waals surface area contributed by atoms with Gasteiger partial charge in [0, 0.05) is 18.4 Å². The van der Waals surface area contributed by atoms with Crippen molar-refractivity contribution >= 4 is 32.7 Å². The maximum absolute atomic E-state index is 13.4. The summed E-state index contributed by atoms with van der Waals surface area (Å²) < 4.78 is 33.5. The summed E-state index contributed by atoms with van der Waals surface area (Å²) in [7, 11) is -3.88. The van der Waals surface area contributed by atoms with E-state index in [1.807, 2.05) is 0 Å². The predicted molar refractivity (Wildman–Crippen MR) is 108 cm³/mol. The van der Waals surface area contributed by atoms with Crippen LogP contribution in [0.15, 0.2) is 47.6 Å². The van der Waals surface area contributed by atoms with Crippen molar-refractivity contribution in [1.29, 1.82) is 0 Å². The molecule has 2 aliphatic rings. The van der Waals surface area contributed by atoms with Gasteiger partial charge in [-0.05, 0) is 61.7 Å². The van der Waals surface area contributed by atoms with Crippen LogP contribution in [-0.4, -0.2) is 42.5 Å². The van der Waals surface area contributed by atoms with E-state index in [0.717, 1.165) is 31.4 Å². The average Bonchev–Trinajstić information content (AvgIpc) is 3.36. The summed E-state index contributed by atoms with van der Waals surface area (Å²) in [6, 6.07) is 8.31. The maximum Gasteiger partial charge on any atom is 0.268 e. The van der Waals surface area contributed by atoms with Crippen LogP contribution >= 0.6 is 0 Å². The molecule has 0 spiro atoms. The number of rotatable bonds is 4. The number of pyridine rings is 1. The van der Waals surface area contributed by atoms with Crippen LogP contribution in [0, 0.1) is 0 Å². The minimum Gasteiger partial charge on any atom is -0.482 e. The molecular weight excluding hydrogens is 392 g/mol. The summed E-state index contributed by atoms with van der Waals surface area (Å²) in [6.45, 7) is 0.906. The molecule has 0 unspecified atom stereocenters. The number of hydrogen-bond acceptors (Lipinski definition) is 6. The maximum atomic E-state index is 13.4. The fourth-order valence-electron chi connectivity index (χ4n) is 3.98. The molecule has 3 aromatic rings. The van der Waals surface area contributed by atoms with Gasteiger partial charge in [0.05, 0.1) is 21.6 Å². The Bertz CT molecular complexity index is 1210. The third kappa shape index (κ3) is 3.16. The number of carbonyl (C=O) groups excluding carboxylic acids is 1. The summed E-state index contributed by atoms with van der Waals surface area (Å²) in [5.41, 5.74) is 2.49. The van der Waals surface area contributed by atoms with E-state index in [-0.39, 0.29) is 17.4 Å². The van der Waals surface area contributed by atoms with Crippen molar-refractivity contribution in [2.24, 2.45) is 0 Å². The van der Waals surface area contributed by atoms with Crippen molar-refractivity contribution < 1.29 is 17.9 Å². The monoisotopic (exact) mass is 412 g/mol. The van der Waals surface area contributed by atoms with Gasteiger partial charge in [-0.2, -0.15) is 0 Å². The first kappa shape index (κ1) is 18.1. The Morgan fingerprint density at radius 1 is 1.28 bits per heavy atom. The second kappa shape index (κ2) is 6.85. The summed E-state index contributed by atoms with van der Waals surface area (Å²) in [5, 5.41) is 6.10. The molecule has 150 valence electrons. The van der Waals surface area contributed by atoms with Crippen molar-refractivity contribution in [2.75, 3.05) is 18.5 Å². The molecule has 1 aromatic carbocycles. The number of amides is 1. The quantitative estimate of drug-likeness (QED) is 0.679. The van der Waals surface area contributed by atoms with Gasteiger partial charge in [-0.25, -0.2) is 12.4 Å². The molecule has 1 saturated heterocycles. The van der Waals surface area contributed by atoms with E-state index in [0.29, 0.717) is 28.5 Å². The number of hydrogen-bond donors (Lipinski definition) is 2. The van der Waals surface area contributed by atoms with Gasteiger partial charge in [-0.1, -0.05) is 0 Å². The zero-order valence-electron chi connectivity index (χ0n) is 15.6. The second-order valence-corrected chi connectivity index (χ2v) is 9.13. The SMILES string of the molecule is O=C1COc2ccc(S(=O)(=O)n3cc(C[C@H]4CCCN4)c4ncccc43)cc2N1. The van der Waals surface area contributed by atoms with Crippen LogP contribution in [0.4, 0.5) is 5.69 Å². The number of nitrogens with one attached hydrogen (secondary N) is 2. The normalized spacial score (nSPS) is 19.0. The van der Waals surface area contributed by atoms with Crippen LogP contribution < -0.4 is 15.4 Å². The molecule has 1 amide bonds. The van der Waals surface area contributed by atoms with Crippen molar-refractivity contribution in [2.45, 2.75) is 30.2 Å². The van der Waals surface area contributed by atoms with Gasteiger partial charge in [0.2, 0.25) is 0 Å². The molecule has 1 atom stereocenters. The number of benzene rings is 1. The number of ether oxygens (including phenoxy) is 1. The molecule has 2 aliphatic heterocycles. The lowest BCUT2D eigenvalue weighted by atomic mass is 10.1. The Hall–Kier alpha value is -2.91. The first-order chi connectivity index (χ1) is 14.0. The molecular formula is C20H20N4O4S. The third-order valence-electron chi connectivity index (χ3n) is 5.37. The van der Waals surface area contributed by atoms with Gasteiger partial charge in [0.25, 0.3) is 15.9 Å². The zero-order valence-corrected chi connectivity index (χ0v) is 16.4. The number of fused-ring (bicyclic) bond motifs is 2. The van der Waals surface area contributed by atoms with Gasteiger partial charge in [-0.3, -0.25) is 9.78 Å². The van der Waals surface area contributed by atoms with Crippen molar-refractivity contribution in [3.8, 4) is 5.75 Å². The Labute approximate surface area is 167 Å². The molecule has 0 saturated carbocycles. The molecule has 0 radical (unpaired) electrons. The number of carbonyl (C=O) groups is 1. The van der Waals surface area contributed by atoms with Gasteiger partial charge in [-0.15, -0.1) is 0 Å². The lowest BCUT2D eigenvalue weighted by Gasteiger charge is -2.18. The van der Waals surface area contributed by atoms with E-state index in [1.165, 1.54) is 16.1 Å². The Kier molecular flexibility index (Phi) is 4.29. The minimum atomic E-state index is -3.88. The standard InChI is InChI=1S/C20H20N4O4S/c25-19-12-28-18-6-5-15(10-16(18)23-19)29(26,27)24-11-13(9-14-3-1-7-21-14)20-17(24)4-2-8-22-20/h2,4-6,8,10-11,14,21H,1,3,7,9,12H2,(H,23,25)/t14-/m1/s1. The van der Waals surface area contributed by atoms with Crippen molar-refractivity contribution in [1.82, 2.24) is 14.3 Å². The van der Waals surface area contributed by atoms with E-state index in [9.17, 15) is 13.2 Å². The molecule has 8 nitrogen and oxygen atoms in total. The fraction of sp³-hybridized carbons (Fsp3) is 0.300. The van der Waals surface area contributed by atoms with E-state index in [1.54, 1.807) is 30.6 Å². The molecule has 0 bridgehead atoms. The summed E-state index contributed by atoms with van der Waals surface area (Å²) in [5.74, 6) is 0.143. The van der Waals surface area contributed by atoms with E-state index in [2.05, 4.69) is 15.6 Å². The van der Waals surface area contributed by atoms with Crippen molar-refractivity contribution in [3.05, 3.63) is 48.3 Å². The number of nitrogens with zero attached hydrogens (tertiary/aromatic N) is 2. The first-order valence-electron chi connectivity index (χ1n) is 9.53. The third-order valence-corrected chi connectivity index (χ3v) is 7.04. The topological polar surface area (TPSA) is 102 Å². The van der Waals surface area contributed by atoms with E-state index < -0.39 is 10.0 Å². The average molecular weight is 412 g/mol. The zero-order chi connectivity index (χ0) is 20.0.